The average Bonchev–Trinajstić information content (AvgIpc) is 3.39. The van der Waals surface area contributed by atoms with Gasteiger partial charge in [-0.1, -0.05) is 11.6 Å². The molecule has 14 heteroatoms. The lowest BCUT2D eigenvalue weighted by Crippen LogP contribution is -2.55. The molecule has 3 heterocycles. The first-order valence-corrected chi connectivity index (χ1v) is 14.8. The summed E-state index contributed by atoms with van der Waals surface area (Å²) in [5.74, 6) is 0.148. The van der Waals surface area contributed by atoms with Gasteiger partial charge < -0.3 is 25.0 Å². The van der Waals surface area contributed by atoms with Gasteiger partial charge in [0.2, 0.25) is 5.91 Å². The second-order valence-electron chi connectivity index (χ2n) is 9.36. The number of aromatic nitrogens is 1. The third-order valence-electron chi connectivity index (χ3n) is 6.82. The Hall–Kier alpha value is -2.87. The van der Waals surface area contributed by atoms with E-state index in [-0.39, 0.29) is 24.8 Å². The van der Waals surface area contributed by atoms with Crippen LogP contribution >= 0.6 is 22.9 Å². The zero-order chi connectivity index (χ0) is 29.0. The number of nitrogen functional groups attached to an aromatic ring is 1. The molecule has 2 aliphatic rings. The van der Waals surface area contributed by atoms with Gasteiger partial charge in [-0.05, 0) is 78.9 Å². The number of anilines is 3. The molecule has 2 aromatic carbocycles. The maximum atomic E-state index is 13.2. The van der Waals surface area contributed by atoms with E-state index in [1.807, 2.05) is 42.2 Å². The van der Waals surface area contributed by atoms with Crippen molar-refractivity contribution < 1.29 is 29.6 Å². The van der Waals surface area contributed by atoms with Crippen molar-refractivity contribution in [3.8, 4) is 0 Å². The lowest BCUT2D eigenvalue weighted by molar-refractivity contribution is -0.140. The van der Waals surface area contributed by atoms with E-state index in [1.54, 1.807) is 12.1 Å². The van der Waals surface area contributed by atoms with E-state index in [0.29, 0.717) is 13.1 Å². The molecule has 0 aliphatic carbocycles. The quantitative estimate of drug-likeness (QED) is 0.395. The van der Waals surface area contributed by atoms with Gasteiger partial charge in [0.1, 0.15) is 6.04 Å². The molecular formula is C26H32ClF3N5O3S2-. The third-order valence-corrected chi connectivity index (χ3v) is 8.39. The summed E-state index contributed by atoms with van der Waals surface area (Å²) in [5, 5.41) is 1.56. The van der Waals surface area contributed by atoms with Crippen molar-refractivity contribution in [2.75, 3.05) is 48.3 Å². The fourth-order valence-electron chi connectivity index (χ4n) is 4.77. The van der Waals surface area contributed by atoms with Crippen molar-refractivity contribution in [3.05, 3.63) is 64.1 Å². The van der Waals surface area contributed by atoms with Crippen LogP contribution in [-0.2, 0) is 28.5 Å². The number of aryl methyl sites for hydroxylation is 1. The minimum atomic E-state index is -4.37. The highest BCUT2D eigenvalue weighted by Crippen LogP contribution is 2.32. The SMILES string of the molecule is C[C@H](C(=O)N1CCN(c2ccc(S(=O)[O-])cc2)CC1)N1CCCc2cc(Cl)ccc21.Nc1nc(C(F)(F)F)cs1.[HH].[HH]. The lowest BCUT2D eigenvalue weighted by atomic mass is 10.00. The maximum Gasteiger partial charge on any atom is 0.434 e. The normalized spacial score (nSPS) is 17.0. The fraction of sp³-hybridized carbons (Fsp3) is 0.385. The number of thiazole rings is 1. The van der Waals surface area contributed by atoms with E-state index in [0.717, 1.165) is 65.6 Å². The lowest BCUT2D eigenvalue weighted by Gasteiger charge is -2.41. The van der Waals surface area contributed by atoms with Gasteiger partial charge in [0.25, 0.3) is 0 Å². The number of nitrogens with zero attached hydrogens (tertiary/aromatic N) is 4. The summed E-state index contributed by atoms with van der Waals surface area (Å²) in [7, 11) is 0. The van der Waals surface area contributed by atoms with Gasteiger partial charge in [0.15, 0.2) is 10.8 Å². The van der Waals surface area contributed by atoms with Crippen LogP contribution in [0.1, 0.15) is 27.5 Å². The van der Waals surface area contributed by atoms with E-state index in [4.69, 9.17) is 17.3 Å². The Morgan fingerprint density at radius 1 is 1.15 bits per heavy atom. The number of halogens is 4. The van der Waals surface area contributed by atoms with Crippen LogP contribution in [0, 0.1) is 0 Å². The topological polar surface area (TPSA) is 106 Å². The summed E-state index contributed by atoms with van der Waals surface area (Å²) >= 11 is 4.71. The monoisotopic (exact) mass is 618 g/mol. The molecule has 2 aliphatic heterocycles. The number of amides is 1. The zero-order valence-corrected chi connectivity index (χ0v) is 24.0. The highest BCUT2D eigenvalue weighted by Gasteiger charge is 2.33. The third kappa shape index (κ3) is 7.25. The molecule has 0 radical (unpaired) electrons. The molecule has 0 saturated carbocycles. The second kappa shape index (κ2) is 12.8. The maximum absolute atomic E-state index is 13.2. The molecule has 0 spiro atoms. The van der Waals surface area contributed by atoms with Crippen molar-refractivity contribution in [1.29, 1.82) is 0 Å². The van der Waals surface area contributed by atoms with E-state index in [1.165, 1.54) is 5.56 Å². The molecule has 5 rings (SSSR count). The Balaban J connectivity index is 0.000000439. The van der Waals surface area contributed by atoms with E-state index in [2.05, 4.69) is 14.8 Å². The van der Waals surface area contributed by atoms with Crippen molar-refractivity contribution in [2.45, 2.75) is 36.9 Å². The summed E-state index contributed by atoms with van der Waals surface area (Å²) in [6, 6.07) is 12.6. The first-order valence-electron chi connectivity index (χ1n) is 12.5. The van der Waals surface area contributed by atoms with Gasteiger partial charge in [-0.25, -0.2) is 4.98 Å². The summed E-state index contributed by atoms with van der Waals surface area (Å²) in [4.78, 5) is 22.9. The number of carbonyl (C=O) groups excluding carboxylic acids is 1. The molecule has 40 heavy (non-hydrogen) atoms. The largest absolute Gasteiger partial charge is 0.768 e. The fourth-order valence-corrected chi connectivity index (χ4v) is 5.89. The number of nitrogens with two attached hydrogens (primary N) is 1. The van der Waals surface area contributed by atoms with Gasteiger partial charge in [-0.3, -0.25) is 9.00 Å². The van der Waals surface area contributed by atoms with Gasteiger partial charge >= 0.3 is 6.18 Å². The first kappa shape index (κ1) is 30.1. The predicted molar refractivity (Wildman–Crippen MR) is 155 cm³/mol. The average molecular weight is 619 g/mol. The van der Waals surface area contributed by atoms with E-state index < -0.39 is 23.0 Å². The van der Waals surface area contributed by atoms with Gasteiger partial charge in [0.05, 0.1) is 0 Å². The molecule has 2 atom stereocenters. The van der Waals surface area contributed by atoms with Crippen LogP contribution in [-0.4, -0.2) is 63.3 Å². The molecule has 1 saturated heterocycles. The molecule has 8 nitrogen and oxygen atoms in total. The minimum absolute atomic E-state index is 0. The number of fused-ring (bicyclic) bond motifs is 1. The number of hydrogen-bond donors (Lipinski definition) is 1. The van der Waals surface area contributed by atoms with Crippen LogP contribution in [0.4, 0.5) is 29.7 Å². The number of piperazine rings is 1. The molecule has 2 N–H and O–H groups in total. The highest BCUT2D eigenvalue weighted by atomic mass is 35.5. The number of alkyl halides is 3. The Kier molecular flexibility index (Phi) is 9.60. The summed E-state index contributed by atoms with van der Waals surface area (Å²) < 4.78 is 57.1. The molecular weight excluding hydrogens is 587 g/mol. The highest BCUT2D eigenvalue weighted by molar-refractivity contribution is 7.79. The number of benzene rings is 2. The van der Waals surface area contributed by atoms with Crippen molar-refractivity contribution >= 4 is 56.4 Å². The summed E-state index contributed by atoms with van der Waals surface area (Å²) in [6.45, 7) is 5.61. The number of hydrogen-bond acceptors (Lipinski definition) is 8. The molecule has 1 amide bonds. The van der Waals surface area contributed by atoms with Crippen LogP contribution in [0.2, 0.25) is 5.02 Å². The second-order valence-corrected chi connectivity index (χ2v) is 11.6. The molecule has 3 aromatic rings. The van der Waals surface area contributed by atoms with Crippen LogP contribution in [0.15, 0.2) is 52.7 Å². The first-order chi connectivity index (χ1) is 18.9. The Morgan fingerprint density at radius 2 is 1.82 bits per heavy atom. The van der Waals surface area contributed by atoms with Crippen LogP contribution in [0.25, 0.3) is 0 Å². The predicted octanol–water partition coefficient (Wildman–Crippen LogP) is 5.30. The van der Waals surface area contributed by atoms with E-state index >= 15 is 0 Å². The van der Waals surface area contributed by atoms with Crippen molar-refractivity contribution in [1.82, 2.24) is 9.88 Å². The van der Waals surface area contributed by atoms with Crippen LogP contribution in [0.5, 0.6) is 0 Å². The van der Waals surface area contributed by atoms with Gasteiger partial charge in [-0.15, -0.1) is 11.3 Å². The van der Waals surface area contributed by atoms with Gasteiger partial charge in [0, 0.05) is 62.3 Å². The molecule has 220 valence electrons. The van der Waals surface area contributed by atoms with Gasteiger partial charge in [-0.2, -0.15) is 13.2 Å². The summed E-state index contributed by atoms with van der Waals surface area (Å²) in [6.07, 6.45) is -2.36. The summed E-state index contributed by atoms with van der Waals surface area (Å²) in [5.41, 5.74) is 7.36. The Bertz CT molecular complexity index is 1360. The standard InChI is InChI=1S/C22H26ClN3O3S.C4H3F3N2S.2H2/c1-16(26-10-2-3-17-15-18(23)4-9-21(17)26)22(27)25-13-11-24(12-14-25)19-5-7-20(8-6-19)30(28)29;5-4(6,7)2-1-10-3(8)9-2;;/h4-9,15-16H,2-3,10-14H2,1H3,(H,28,29);1H,(H2,8,9);2*1H/p-1/t16-;;;/m1.../s1. The van der Waals surface area contributed by atoms with Crippen LogP contribution in [0.3, 0.4) is 0 Å². The number of carbonyl (C=O) groups is 1. The molecule has 0 bridgehead atoms. The Morgan fingerprint density at radius 3 is 2.38 bits per heavy atom. The van der Waals surface area contributed by atoms with Crippen molar-refractivity contribution in [3.63, 3.8) is 0 Å². The smallest absolute Gasteiger partial charge is 0.434 e. The minimum Gasteiger partial charge on any atom is -0.768 e. The molecule has 1 aromatic heterocycles. The number of rotatable bonds is 4. The van der Waals surface area contributed by atoms with E-state index in [9.17, 15) is 26.7 Å². The van der Waals surface area contributed by atoms with Crippen LogP contribution < -0.4 is 15.5 Å². The Labute approximate surface area is 244 Å². The zero-order valence-electron chi connectivity index (χ0n) is 21.6. The molecule has 1 fully saturated rings. The van der Waals surface area contributed by atoms with Crippen molar-refractivity contribution in [2.24, 2.45) is 0 Å². The molecule has 1 unspecified atom stereocenters.